The second kappa shape index (κ2) is 8.75. The Labute approximate surface area is 213 Å². The third kappa shape index (κ3) is 3.96. The highest BCUT2D eigenvalue weighted by Gasteiger charge is 2.55. The van der Waals surface area contributed by atoms with Crippen molar-refractivity contribution in [2.24, 2.45) is 17.8 Å². The molecular weight excluding hydrogens is 478 g/mol. The molecule has 0 radical (unpaired) electrons. The van der Waals surface area contributed by atoms with Crippen LogP contribution in [0.25, 0.3) is 0 Å². The summed E-state index contributed by atoms with van der Waals surface area (Å²) in [6.07, 6.45) is 3.85. The summed E-state index contributed by atoms with van der Waals surface area (Å²) in [5.41, 5.74) is 3.05. The zero-order chi connectivity index (χ0) is 24.3. The molecule has 182 valence electrons. The maximum atomic E-state index is 13.2. The molecule has 5 atom stereocenters. The first-order chi connectivity index (χ1) is 16.9. The Hall–Kier alpha value is -2.71. The summed E-state index contributed by atoms with van der Waals surface area (Å²) in [7, 11) is 4.09. The molecule has 2 saturated carbocycles. The van der Waals surface area contributed by atoms with Gasteiger partial charge in [-0.15, -0.1) is 11.8 Å². The van der Waals surface area contributed by atoms with Gasteiger partial charge in [0, 0.05) is 41.5 Å². The van der Waals surface area contributed by atoms with Crippen molar-refractivity contribution in [3.05, 3.63) is 68.6 Å². The third-order valence-corrected chi connectivity index (χ3v) is 10.7. The normalized spacial score (nSPS) is 26.3. The maximum Gasteiger partial charge on any atom is 0.308 e. The van der Waals surface area contributed by atoms with E-state index in [2.05, 4.69) is 34.5 Å². The number of rotatable bonds is 5. The van der Waals surface area contributed by atoms with Crippen LogP contribution in [-0.4, -0.2) is 34.9 Å². The molecule has 1 aliphatic heterocycles. The summed E-state index contributed by atoms with van der Waals surface area (Å²) in [5, 5.41) is 13.8. The summed E-state index contributed by atoms with van der Waals surface area (Å²) in [4.78, 5) is 29.2. The summed E-state index contributed by atoms with van der Waals surface area (Å²) < 4.78 is 1.68. The first kappa shape index (κ1) is 22.7. The SMILES string of the molecule is CN(C)c1ccc([C@H]2c3sc(=O)n(CC(=O)Nc4ccc(O)cc4)c3SC3C4CCC(C4)C32)cc1. The number of hydrogen-bond donors (Lipinski definition) is 2. The van der Waals surface area contributed by atoms with Gasteiger partial charge >= 0.3 is 4.87 Å². The number of anilines is 2. The molecule has 3 aromatic rings. The van der Waals surface area contributed by atoms with E-state index in [0.29, 0.717) is 28.7 Å². The van der Waals surface area contributed by atoms with E-state index in [1.165, 1.54) is 54.0 Å². The molecule has 1 aromatic heterocycles. The number of phenolic OH excluding ortho intramolecular Hbond substituents is 1. The predicted octanol–water partition coefficient (Wildman–Crippen LogP) is 4.97. The van der Waals surface area contributed by atoms with Crippen molar-refractivity contribution in [2.75, 3.05) is 24.3 Å². The van der Waals surface area contributed by atoms with Crippen molar-refractivity contribution in [3.63, 3.8) is 0 Å². The molecule has 35 heavy (non-hydrogen) atoms. The van der Waals surface area contributed by atoms with Crippen LogP contribution < -0.4 is 15.1 Å². The lowest BCUT2D eigenvalue weighted by atomic mass is 9.75. The van der Waals surface area contributed by atoms with E-state index in [0.717, 1.165) is 9.90 Å². The van der Waals surface area contributed by atoms with Crippen LogP contribution in [-0.2, 0) is 11.3 Å². The van der Waals surface area contributed by atoms with Gasteiger partial charge in [0.1, 0.15) is 12.3 Å². The summed E-state index contributed by atoms with van der Waals surface area (Å²) in [6.45, 7) is -0.00366. The fourth-order valence-electron chi connectivity index (χ4n) is 6.33. The molecule has 6 nitrogen and oxygen atoms in total. The second-order valence-electron chi connectivity index (χ2n) is 10.2. The van der Waals surface area contributed by atoms with E-state index in [1.807, 2.05) is 25.9 Å². The zero-order valence-electron chi connectivity index (χ0n) is 19.8. The van der Waals surface area contributed by atoms with Gasteiger partial charge < -0.3 is 15.3 Å². The van der Waals surface area contributed by atoms with E-state index < -0.39 is 0 Å². The van der Waals surface area contributed by atoms with Gasteiger partial charge in [-0.3, -0.25) is 14.2 Å². The smallest absolute Gasteiger partial charge is 0.308 e. The minimum atomic E-state index is -0.235. The number of carbonyl (C=O) groups excluding carboxylic acids is 1. The number of nitrogens with zero attached hydrogens (tertiary/aromatic N) is 2. The number of phenols is 1. The number of aromatic nitrogens is 1. The van der Waals surface area contributed by atoms with Crippen molar-refractivity contribution in [1.82, 2.24) is 4.57 Å². The molecule has 0 spiro atoms. The van der Waals surface area contributed by atoms with Crippen molar-refractivity contribution in [3.8, 4) is 5.75 Å². The molecule has 2 aliphatic carbocycles. The number of carbonyl (C=O) groups is 1. The van der Waals surface area contributed by atoms with Gasteiger partial charge in [0.2, 0.25) is 5.91 Å². The van der Waals surface area contributed by atoms with Gasteiger partial charge in [-0.1, -0.05) is 23.5 Å². The summed E-state index contributed by atoms with van der Waals surface area (Å²) in [5.74, 6) is 2.08. The average molecular weight is 508 g/mol. The molecular formula is C27H29N3O3S2. The topological polar surface area (TPSA) is 74.6 Å². The standard InChI is InChI=1S/C27H29N3O3S2/c1-29(2)19-9-5-15(6-10-19)22-23-16-3-4-17(13-16)24(23)34-26-25(22)35-27(33)30(26)14-21(32)28-18-7-11-20(31)12-8-18/h5-12,16-17,22-24,31H,3-4,13-14H2,1-2H3,(H,28,32)/t16?,17?,22-,23?,24?/m1/s1. The average Bonchev–Trinajstić information content (AvgIpc) is 3.54. The lowest BCUT2D eigenvalue weighted by Gasteiger charge is -2.40. The second-order valence-corrected chi connectivity index (χ2v) is 12.3. The molecule has 2 aromatic carbocycles. The van der Waals surface area contributed by atoms with Crippen molar-refractivity contribution < 1.29 is 9.90 Å². The van der Waals surface area contributed by atoms with Crippen LogP contribution >= 0.6 is 23.1 Å². The first-order valence-electron chi connectivity index (χ1n) is 12.2. The van der Waals surface area contributed by atoms with E-state index >= 15 is 0 Å². The molecule has 4 unspecified atom stereocenters. The minimum absolute atomic E-state index is 0.00366. The van der Waals surface area contributed by atoms with Crippen LogP contribution in [0.4, 0.5) is 11.4 Å². The Kier molecular flexibility index (Phi) is 5.68. The van der Waals surface area contributed by atoms with Crippen LogP contribution in [0.2, 0.25) is 0 Å². The number of thioether (sulfide) groups is 1. The number of hydrogen-bond acceptors (Lipinski definition) is 6. The van der Waals surface area contributed by atoms with Crippen molar-refractivity contribution in [1.29, 1.82) is 0 Å². The van der Waals surface area contributed by atoms with E-state index in [-0.39, 0.29) is 29.0 Å². The molecule has 3 aliphatic rings. The van der Waals surface area contributed by atoms with Crippen LogP contribution in [0.15, 0.2) is 58.4 Å². The third-order valence-electron chi connectivity index (χ3n) is 7.91. The lowest BCUT2D eigenvalue weighted by molar-refractivity contribution is -0.116. The molecule has 2 fully saturated rings. The number of benzene rings is 2. The molecule has 0 saturated heterocycles. The molecule has 2 heterocycles. The van der Waals surface area contributed by atoms with Gasteiger partial charge in [-0.2, -0.15) is 0 Å². The zero-order valence-corrected chi connectivity index (χ0v) is 21.4. The fourth-order valence-corrected chi connectivity index (χ4v) is 9.48. The van der Waals surface area contributed by atoms with Crippen molar-refractivity contribution in [2.45, 2.75) is 42.0 Å². The first-order valence-corrected chi connectivity index (χ1v) is 13.8. The van der Waals surface area contributed by atoms with Gasteiger partial charge in [-0.05, 0) is 79.0 Å². The Morgan fingerprint density at radius 2 is 1.80 bits per heavy atom. The Morgan fingerprint density at radius 3 is 2.51 bits per heavy atom. The monoisotopic (exact) mass is 507 g/mol. The van der Waals surface area contributed by atoms with Crippen molar-refractivity contribution >= 4 is 40.4 Å². The van der Waals surface area contributed by atoms with Crippen LogP contribution in [0.5, 0.6) is 5.75 Å². The number of fused-ring (bicyclic) bond motifs is 6. The minimum Gasteiger partial charge on any atom is -0.508 e. The number of amides is 1. The summed E-state index contributed by atoms with van der Waals surface area (Å²) in [6, 6.07) is 15.2. The van der Waals surface area contributed by atoms with Gasteiger partial charge in [0.15, 0.2) is 0 Å². The predicted molar refractivity (Wildman–Crippen MR) is 142 cm³/mol. The maximum absolute atomic E-state index is 13.2. The highest BCUT2D eigenvalue weighted by atomic mass is 32.2. The van der Waals surface area contributed by atoms with Gasteiger partial charge in [-0.25, -0.2) is 0 Å². The van der Waals surface area contributed by atoms with Gasteiger partial charge in [0.25, 0.3) is 0 Å². The van der Waals surface area contributed by atoms with Gasteiger partial charge in [0.05, 0.1) is 5.03 Å². The Balaban J connectivity index is 1.35. The molecule has 2 bridgehead atoms. The van der Waals surface area contributed by atoms with E-state index in [4.69, 9.17) is 0 Å². The quantitative estimate of drug-likeness (QED) is 0.477. The largest absolute Gasteiger partial charge is 0.508 e. The lowest BCUT2D eigenvalue weighted by Crippen LogP contribution is -2.34. The molecule has 8 heteroatoms. The molecule has 2 N–H and O–H groups in total. The van der Waals surface area contributed by atoms with Crippen LogP contribution in [0, 0.1) is 17.8 Å². The van der Waals surface area contributed by atoms with Crippen LogP contribution in [0.3, 0.4) is 0 Å². The number of aromatic hydroxyl groups is 1. The molecule has 1 amide bonds. The Morgan fingerprint density at radius 1 is 1.09 bits per heavy atom. The highest BCUT2D eigenvalue weighted by molar-refractivity contribution is 8.00. The highest BCUT2D eigenvalue weighted by Crippen LogP contribution is 2.64. The number of nitrogens with one attached hydrogen (secondary N) is 1. The van der Waals surface area contributed by atoms with Crippen LogP contribution in [0.1, 0.15) is 35.6 Å². The Bertz CT molecular complexity index is 1310. The molecule has 6 rings (SSSR count). The fraction of sp³-hybridized carbons (Fsp3) is 0.407. The van der Waals surface area contributed by atoms with E-state index in [1.54, 1.807) is 16.7 Å². The van der Waals surface area contributed by atoms with E-state index in [9.17, 15) is 14.7 Å². The summed E-state index contributed by atoms with van der Waals surface area (Å²) >= 11 is 3.17. The number of thiazole rings is 1.